The number of aromatic amines is 2. The number of H-pyrrole nitrogens is 2. The highest BCUT2D eigenvalue weighted by Crippen LogP contribution is 2.28. The number of imidazole rings is 2. The molecule has 0 amide bonds. The summed E-state index contributed by atoms with van der Waals surface area (Å²) in [5, 5.41) is 3.38. The van der Waals surface area contributed by atoms with E-state index >= 15 is 0 Å². The molecule has 0 saturated heterocycles. The Morgan fingerprint density at radius 2 is 1.95 bits per heavy atom. The van der Waals surface area contributed by atoms with E-state index in [0.717, 1.165) is 34.1 Å². The average molecular weight is 518 g/mol. The van der Waals surface area contributed by atoms with Gasteiger partial charge in [0, 0.05) is 36.9 Å². The second-order valence-electron chi connectivity index (χ2n) is 8.96. The van der Waals surface area contributed by atoms with Crippen molar-refractivity contribution < 1.29 is 8.42 Å². The maximum absolute atomic E-state index is 13.0. The molecule has 5 rings (SSSR count). The fraction of sp³-hybridized carbons (Fsp3) is 0.192. The topological polar surface area (TPSA) is 138 Å². The molecule has 190 valence electrons. The third-order valence-electron chi connectivity index (χ3n) is 6.04. The van der Waals surface area contributed by atoms with Crippen LogP contribution in [0.1, 0.15) is 11.1 Å². The molecular formula is C26H27N7O3S. The van der Waals surface area contributed by atoms with Crippen LogP contribution in [0.15, 0.2) is 78.2 Å². The zero-order valence-corrected chi connectivity index (χ0v) is 21.2. The van der Waals surface area contributed by atoms with Gasteiger partial charge in [0.05, 0.1) is 29.3 Å². The number of anilines is 1. The number of aryl methyl sites for hydroxylation is 1. The van der Waals surface area contributed by atoms with Crippen LogP contribution in [0.3, 0.4) is 0 Å². The first-order chi connectivity index (χ1) is 17.8. The van der Waals surface area contributed by atoms with E-state index in [1.807, 2.05) is 60.2 Å². The van der Waals surface area contributed by atoms with Crippen molar-refractivity contribution in [2.75, 3.05) is 18.1 Å². The van der Waals surface area contributed by atoms with Crippen LogP contribution in [0.2, 0.25) is 0 Å². The summed E-state index contributed by atoms with van der Waals surface area (Å²) in [6, 6.07) is 15.2. The fourth-order valence-corrected chi connectivity index (χ4v) is 4.83. The van der Waals surface area contributed by atoms with Crippen LogP contribution in [0, 0.1) is 6.92 Å². The highest BCUT2D eigenvalue weighted by molar-refractivity contribution is 7.88. The monoisotopic (exact) mass is 517 g/mol. The van der Waals surface area contributed by atoms with Gasteiger partial charge in [-0.1, -0.05) is 30.3 Å². The fourth-order valence-electron chi connectivity index (χ4n) is 4.33. The van der Waals surface area contributed by atoms with Gasteiger partial charge in [-0.2, -0.15) is 0 Å². The van der Waals surface area contributed by atoms with Gasteiger partial charge in [-0.05, 0) is 42.7 Å². The van der Waals surface area contributed by atoms with Crippen LogP contribution in [0.25, 0.3) is 28.1 Å². The van der Waals surface area contributed by atoms with E-state index in [1.54, 1.807) is 24.8 Å². The van der Waals surface area contributed by atoms with Crippen molar-refractivity contribution in [1.82, 2.24) is 29.2 Å². The normalized spacial score (nSPS) is 12.6. The molecule has 0 aliphatic rings. The van der Waals surface area contributed by atoms with E-state index in [9.17, 15) is 13.2 Å². The third kappa shape index (κ3) is 5.63. The van der Waals surface area contributed by atoms with Crippen LogP contribution in [0.4, 0.5) is 5.69 Å². The Hall–Kier alpha value is -4.22. The van der Waals surface area contributed by atoms with Gasteiger partial charge < -0.3 is 19.9 Å². The molecule has 4 N–H and O–H groups in total. The lowest BCUT2D eigenvalue weighted by Gasteiger charge is -2.21. The predicted octanol–water partition coefficient (Wildman–Crippen LogP) is 2.98. The largest absolute Gasteiger partial charge is 0.380 e. The smallest absolute Gasteiger partial charge is 0.261 e. The molecule has 0 spiro atoms. The van der Waals surface area contributed by atoms with Gasteiger partial charge in [-0.3, -0.25) is 4.79 Å². The summed E-state index contributed by atoms with van der Waals surface area (Å²) in [7, 11) is -3.40. The molecule has 0 aliphatic carbocycles. The SMILES string of the molecule is Cc1cc(-n2ccnc2)cc2[nH]c(-c3c(NC(CNS(C)(=O)=O)Cc4ccccc4)cc[nH]c3=O)nc12. The summed E-state index contributed by atoms with van der Waals surface area (Å²) in [5.41, 5.74) is 5.03. The van der Waals surface area contributed by atoms with Crippen molar-refractivity contribution in [1.29, 1.82) is 0 Å². The average Bonchev–Trinajstić information content (AvgIpc) is 3.53. The molecule has 3 heterocycles. The molecule has 10 nitrogen and oxygen atoms in total. The molecule has 0 bridgehead atoms. The molecule has 0 fully saturated rings. The standard InChI is InChI=1S/C26H27N7O3S/c1-17-12-20(33-11-10-27-16-33)14-22-24(17)32-25(31-22)23-21(8-9-28-26(23)34)30-19(15-29-37(2,35)36)13-18-6-4-3-5-7-18/h3-12,14,16,19,29H,13,15H2,1-2H3,(H,31,32)(H2,28,30,34). The number of hydrogen-bond acceptors (Lipinski definition) is 6. The molecule has 3 aromatic heterocycles. The third-order valence-corrected chi connectivity index (χ3v) is 6.73. The van der Waals surface area contributed by atoms with Crippen LogP contribution in [-0.4, -0.2) is 51.8 Å². The lowest BCUT2D eigenvalue weighted by atomic mass is 10.1. The molecule has 2 aromatic carbocycles. The first kappa shape index (κ1) is 24.5. The minimum Gasteiger partial charge on any atom is -0.380 e. The highest BCUT2D eigenvalue weighted by Gasteiger charge is 2.19. The van der Waals surface area contributed by atoms with Crippen LogP contribution in [-0.2, 0) is 16.4 Å². The van der Waals surface area contributed by atoms with Crippen molar-refractivity contribution in [3.63, 3.8) is 0 Å². The summed E-state index contributed by atoms with van der Waals surface area (Å²) < 4.78 is 28.1. The van der Waals surface area contributed by atoms with Gasteiger partial charge in [-0.15, -0.1) is 0 Å². The van der Waals surface area contributed by atoms with E-state index in [1.165, 1.54) is 0 Å². The molecule has 1 atom stereocenters. The molecule has 5 aromatic rings. The summed E-state index contributed by atoms with van der Waals surface area (Å²) in [6.07, 6.45) is 8.52. The molecule has 0 aliphatic heterocycles. The van der Waals surface area contributed by atoms with E-state index in [4.69, 9.17) is 4.98 Å². The Labute approximate surface area is 213 Å². The number of nitrogens with one attached hydrogen (secondary N) is 4. The molecule has 0 radical (unpaired) electrons. The maximum Gasteiger partial charge on any atom is 0.261 e. The van der Waals surface area contributed by atoms with Gasteiger partial charge in [0.25, 0.3) is 5.56 Å². The Balaban J connectivity index is 1.53. The number of pyridine rings is 1. The number of fused-ring (bicyclic) bond motifs is 1. The minimum atomic E-state index is -3.40. The number of aromatic nitrogens is 5. The Morgan fingerprint density at radius 3 is 2.68 bits per heavy atom. The summed E-state index contributed by atoms with van der Waals surface area (Å²) in [4.78, 5) is 27.9. The second kappa shape index (κ2) is 10.0. The van der Waals surface area contributed by atoms with Gasteiger partial charge in [0.2, 0.25) is 10.0 Å². The van der Waals surface area contributed by atoms with E-state index in [-0.39, 0.29) is 18.1 Å². The summed E-state index contributed by atoms with van der Waals surface area (Å²) in [6.45, 7) is 2.11. The quantitative estimate of drug-likeness (QED) is 0.237. The minimum absolute atomic E-state index is 0.146. The second-order valence-corrected chi connectivity index (χ2v) is 10.8. The lowest BCUT2D eigenvalue weighted by Crippen LogP contribution is -2.37. The van der Waals surface area contributed by atoms with Crippen LogP contribution in [0.5, 0.6) is 0 Å². The molecular weight excluding hydrogens is 490 g/mol. The van der Waals surface area contributed by atoms with Gasteiger partial charge in [-0.25, -0.2) is 23.1 Å². The van der Waals surface area contributed by atoms with Crippen molar-refractivity contribution in [3.8, 4) is 17.1 Å². The lowest BCUT2D eigenvalue weighted by molar-refractivity contribution is 0.578. The van der Waals surface area contributed by atoms with Crippen molar-refractivity contribution in [3.05, 3.63) is 94.9 Å². The number of hydrogen-bond donors (Lipinski definition) is 4. The van der Waals surface area contributed by atoms with Crippen molar-refractivity contribution in [2.24, 2.45) is 0 Å². The zero-order valence-electron chi connectivity index (χ0n) is 20.4. The van der Waals surface area contributed by atoms with E-state index < -0.39 is 10.0 Å². The molecule has 37 heavy (non-hydrogen) atoms. The Kier molecular flexibility index (Phi) is 6.64. The molecule has 11 heteroatoms. The maximum atomic E-state index is 13.0. The summed E-state index contributed by atoms with van der Waals surface area (Å²) >= 11 is 0. The van der Waals surface area contributed by atoms with Gasteiger partial charge in [0.15, 0.2) is 0 Å². The van der Waals surface area contributed by atoms with Crippen molar-refractivity contribution >= 4 is 26.7 Å². The first-order valence-corrected chi connectivity index (χ1v) is 13.6. The molecule has 0 saturated carbocycles. The number of nitrogens with zero attached hydrogens (tertiary/aromatic N) is 3. The van der Waals surface area contributed by atoms with Gasteiger partial charge >= 0.3 is 0 Å². The zero-order chi connectivity index (χ0) is 26.0. The van der Waals surface area contributed by atoms with Crippen LogP contribution >= 0.6 is 0 Å². The highest BCUT2D eigenvalue weighted by atomic mass is 32.2. The van der Waals surface area contributed by atoms with E-state index in [2.05, 4.69) is 25.0 Å². The molecule has 1 unspecified atom stereocenters. The van der Waals surface area contributed by atoms with Gasteiger partial charge in [0.1, 0.15) is 11.4 Å². The summed E-state index contributed by atoms with van der Waals surface area (Å²) in [5.74, 6) is 0.416. The Bertz CT molecular complexity index is 1690. The van der Waals surface area contributed by atoms with E-state index in [0.29, 0.717) is 23.5 Å². The first-order valence-electron chi connectivity index (χ1n) is 11.7. The van der Waals surface area contributed by atoms with Crippen LogP contribution < -0.4 is 15.6 Å². The number of sulfonamides is 1. The van der Waals surface area contributed by atoms with Crippen molar-refractivity contribution in [2.45, 2.75) is 19.4 Å². The predicted molar refractivity (Wildman–Crippen MR) is 144 cm³/mol. The Morgan fingerprint density at radius 1 is 1.14 bits per heavy atom. The number of rotatable bonds is 9. The number of benzene rings is 2.